The summed E-state index contributed by atoms with van der Waals surface area (Å²) in [5.74, 6) is -0.491. The van der Waals surface area contributed by atoms with Crippen LogP contribution in [0.1, 0.15) is 13.8 Å². The Morgan fingerprint density at radius 1 is 1.43 bits per heavy atom. The molecule has 0 saturated heterocycles. The molecule has 2 aromatic heterocycles. The summed E-state index contributed by atoms with van der Waals surface area (Å²) in [6, 6.07) is 0.0198. The molecule has 2 rings (SSSR count). The van der Waals surface area contributed by atoms with E-state index in [4.69, 9.17) is 4.74 Å². The normalized spacial score (nSPS) is 11.1. The van der Waals surface area contributed by atoms with Crippen molar-refractivity contribution in [2.24, 2.45) is 0 Å². The van der Waals surface area contributed by atoms with Crippen molar-refractivity contribution in [2.45, 2.75) is 18.2 Å². The molecular formula is C8H11N7O4S2. The second-order valence-corrected chi connectivity index (χ2v) is 6.39. The summed E-state index contributed by atoms with van der Waals surface area (Å²) in [7, 11) is -3.98. The quantitative estimate of drug-likeness (QED) is 0.615. The Bertz CT molecular complexity index is 737. The molecule has 0 unspecified atom stereocenters. The fraction of sp³-hybridized carbons (Fsp3) is 0.375. The van der Waals surface area contributed by atoms with Gasteiger partial charge in [-0.3, -0.25) is 4.79 Å². The van der Waals surface area contributed by atoms with Crippen molar-refractivity contribution in [1.82, 2.24) is 25.4 Å². The van der Waals surface area contributed by atoms with E-state index in [1.165, 1.54) is 6.92 Å². The molecule has 21 heavy (non-hydrogen) atoms. The second kappa shape index (κ2) is 6.01. The summed E-state index contributed by atoms with van der Waals surface area (Å²) in [6.07, 6.45) is 0. The minimum absolute atomic E-state index is 0.0198. The van der Waals surface area contributed by atoms with Gasteiger partial charge in [-0.2, -0.15) is 13.4 Å². The average molecular weight is 333 g/mol. The summed E-state index contributed by atoms with van der Waals surface area (Å²) < 4.78 is 30.9. The van der Waals surface area contributed by atoms with Gasteiger partial charge in [0, 0.05) is 6.92 Å². The van der Waals surface area contributed by atoms with Gasteiger partial charge in [0.1, 0.15) is 0 Å². The van der Waals surface area contributed by atoms with Crippen LogP contribution in [0.2, 0.25) is 0 Å². The Balaban J connectivity index is 2.13. The molecule has 0 saturated carbocycles. The third kappa shape index (κ3) is 3.85. The highest BCUT2D eigenvalue weighted by atomic mass is 32.2. The smallest absolute Gasteiger partial charge is 0.337 e. The molecule has 0 aromatic carbocycles. The number of rotatable bonds is 6. The maximum Gasteiger partial charge on any atom is 0.337 e. The maximum absolute atomic E-state index is 12.0. The summed E-state index contributed by atoms with van der Waals surface area (Å²) in [5.41, 5.74) is 0. The standard InChI is InChI=1S/C8H11N7O4S2/c1-3-19-6-10-5(11-12-6)15-21(17,18)8-14-13-7(20-8)9-4(2)16/h3H2,1-2H3,(H,9,13,16)(H2,10,11,12,15). The molecule has 0 atom stereocenters. The number of amides is 1. The Hall–Kier alpha value is -2.28. The topological polar surface area (TPSA) is 152 Å². The Morgan fingerprint density at radius 3 is 2.86 bits per heavy atom. The zero-order valence-corrected chi connectivity index (χ0v) is 12.6. The molecule has 0 bridgehead atoms. The van der Waals surface area contributed by atoms with E-state index in [0.29, 0.717) is 17.9 Å². The van der Waals surface area contributed by atoms with E-state index in [9.17, 15) is 13.2 Å². The van der Waals surface area contributed by atoms with Crippen LogP contribution in [0.4, 0.5) is 11.1 Å². The van der Waals surface area contributed by atoms with Crippen LogP contribution in [0.25, 0.3) is 0 Å². The molecule has 2 aromatic rings. The van der Waals surface area contributed by atoms with Crippen molar-refractivity contribution in [3.8, 4) is 6.01 Å². The van der Waals surface area contributed by atoms with E-state index in [2.05, 4.69) is 35.4 Å². The SMILES string of the molecule is CCOc1n[nH]c(NS(=O)(=O)c2nnc(NC(C)=O)s2)n1. The first kappa shape index (κ1) is 15.1. The van der Waals surface area contributed by atoms with Crippen molar-refractivity contribution in [3.05, 3.63) is 0 Å². The highest BCUT2D eigenvalue weighted by molar-refractivity contribution is 7.94. The van der Waals surface area contributed by atoms with Crippen molar-refractivity contribution in [3.63, 3.8) is 0 Å². The molecular weight excluding hydrogens is 322 g/mol. The van der Waals surface area contributed by atoms with Gasteiger partial charge in [0.15, 0.2) is 0 Å². The van der Waals surface area contributed by atoms with E-state index in [1.54, 1.807) is 6.92 Å². The van der Waals surface area contributed by atoms with Gasteiger partial charge in [0.2, 0.25) is 17.0 Å². The first-order valence-corrected chi connectivity index (χ1v) is 7.90. The van der Waals surface area contributed by atoms with E-state index in [1.807, 2.05) is 0 Å². The van der Waals surface area contributed by atoms with Crippen molar-refractivity contribution in [1.29, 1.82) is 0 Å². The number of hydrogen-bond acceptors (Lipinski definition) is 9. The van der Waals surface area contributed by atoms with Crippen LogP contribution in [0.5, 0.6) is 6.01 Å². The number of nitrogens with one attached hydrogen (secondary N) is 3. The third-order valence-corrected chi connectivity index (χ3v) is 4.43. The summed E-state index contributed by atoms with van der Waals surface area (Å²) in [5, 5.41) is 15.5. The monoisotopic (exact) mass is 333 g/mol. The molecule has 13 heteroatoms. The van der Waals surface area contributed by atoms with Gasteiger partial charge in [-0.05, 0) is 6.92 Å². The van der Waals surface area contributed by atoms with Crippen molar-refractivity contribution < 1.29 is 17.9 Å². The lowest BCUT2D eigenvalue weighted by atomic mass is 10.7. The molecule has 114 valence electrons. The van der Waals surface area contributed by atoms with Gasteiger partial charge in [-0.1, -0.05) is 11.3 Å². The number of aromatic amines is 1. The lowest BCUT2D eigenvalue weighted by molar-refractivity contribution is -0.114. The number of nitrogens with zero attached hydrogens (tertiary/aromatic N) is 4. The molecule has 0 aliphatic rings. The van der Waals surface area contributed by atoms with Crippen LogP contribution in [0.3, 0.4) is 0 Å². The van der Waals surface area contributed by atoms with Crippen LogP contribution < -0.4 is 14.8 Å². The molecule has 3 N–H and O–H groups in total. The molecule has 0 fully saturated rings. The van der Waals surface area contributed by atoms with Crippen LogP contribution in [0.15, 0.2) is 4.34 Å². The largest absolute Gasteiger partial charge is 0.463 e. The molecule has 0 aliphatic carbocycles. The fourth-order valence-corrected chi connectivity index (χ4v) is 3.08. The fourth-order valence-electron chi connectivity index (χ4n) is 1.18. The minimum Gasteiger partial charge on any atom is -0.463 e. The van der Waals surface area contributed by atoms with Gasteiger partial charge in [-0.25, -0.2) is 9.82 Å². The minimum atomic E-state index is -3.98. The number of sulfonamides is 1. The zero-order valence-electron chi connectivity index (χ0n) is 10.9. The molecule has 1 amide bonds. The van der Waals surface area contributed by atoms with Gasteiger partial charge in [-0.15, -0.1) is 15.3 Å². The highest BCUT2D eigenvalue weighted by Gasteiger charge is 2.22. The predicted octanol–water partition coefficient (Wildman–Crippen LogP) is -0.186. The highest BCUT2D eigenvalue weighted by Crippen LogP contribution is 2.21. The molecule has 0 spiro atoms. The van der Waals surface area contributed by atoms with Gasteiger partial charge >= 0.3 is 6.01 Å². The van der Waals surface area contributed by atoms with Crippen molar-refractivity contribution >= 4 is 38.3 Å². The second-order valence-electron chi connectivity index (χ2n) is 3.56. The van der Waals surface area contributed by atoms with Gasteiger partial charge in [0.05, 0.1) is 6.61 Å². The van der Waals surface area contributed by atoms with Crippen LogP contribution >= 0.6 is 11.3 Å². The zero-order chi connectivity index (χ0) is 15.5. The first-order valence-electron chi connectivity index (χ1n) is 5.60. The lowest BCUT2D eigenvalue weighted by Gasteiger charge is -1.99. The number of H-pyrrole nitrogens is 1. The van der Waals surface area contributed by atoms with E-state index in [-0.39, 0.29) is 27.3 Å². The number of ether oxygens (including phenoxy) is 1. The van der Waals surface area contributed by atoms with E-state index < -0.39 is 10.0 Å². The van der Waals surface area contributed by atoms with Crippen LogP contribution in [-0.4, -0.2) is 46.3 Å². The maximum atomic E-state index is 12.0. The van der Waals surface area contributed by atoms with Crippen LogP contribution in [-0.2, 0) is 14.8 Å². The first-order chi connectivity index (χ1) is 9.90. The summed E-state index contributed by atoms with van der Waals surface area (Å²) >= 11 is 0.707. The predicted molar refractivity (Wildman–Crippen MR) is 72.6 cm³/mol. The van der Waals surface area contributed by atoms with E-state index >= 15 is 0 Å². The average Bonchev–Trinajstić information content (AvgIpc) is 2.98. The van der Waals surface area contributed by atoms with Gasteiger partial charge < -0.3 is 10.1 Å². The van der Waals surface area contributed by atoms with Gasteiger partial charge in [0.25, 0.3) is 14.4 Å². The number of carbonyl (C=O) groups excluding carboxylic acids is 1. The Morgan fingerprint density at radius 2 is 2.19 bits per heavy atom. The number of carbonyl (C=O) groups is 1. The Labute approximate surface area is 123 Å². The Kier molecular flexibility index (Phi) is 4.32. The van der Waals surface area contributed by atoms with Crippen molar-refractivity contribution in [2.75, 3.05) is 16.6 Å². The molecule has 0 radical (unpaired) electrons. The number of anilines is 2. The summed E-state index contributed by atoms with van der Waals surface area (Å²) in [6.45, 7) is 3.36. The van der Waals surface area contributed by atoms with E-state index in [0.717, 1.165) is 0 Å². The molecule has 11 nitrogen and oxygen atoms in total. The number of hydrogen-bond donors (Lipinski definition) is 3. The molecule has 0 aliphatic heterocycles. The van der Waals surface area contributed by atoms with Crippen LogP contribution in [0, 0.1) is 0 Å². The lowest BCUT2D eigenvalue weighted by Crippen LogP contribution is -2.13. The third-order valence-electron chi connectivity index (χ3n) is 1.89. The number of aromatic nitrogens is 5. The summed E-state index contributed by atoms with van der Waals surface area (Å²) in [4.78, 5) is 14.6. The molecule has 2 heterocycles.